The Kier molecular flexibility index (Phi) is 3.10. The molecule has 26 heavy (non-hydrogen) atoms. The van der Waals surface area contributed by atoms with E-state index >= 15 is 0 Å². The summed E-state index contributed by atoms with van der Waals surface area (Å²) in [6, 6.07) is 7.37. The average Bonchev–Trinajstić information content (AvgIpc) is 3.25. The minimum absolute atomic E-state index is 0.124. The number of anilines is 1. The fourth-order valence-corrected chi connectivity index (χ4v) is 4.13. The van der Waals surface area contributed by atoms with Crippen LogP contribution in [0.15, 0.2) is 52.4 Å². The number of pyridine rings is 1. The van der Waals surface area contributed by atoms with Crippen molar-refractivity contribution < 1.29 is 4.42 Å². The number of aromatic nitrogens is 4. The number of benzene rings is 1. The molecule has 0 radical (unpaired) electrons. The zero-order valence-corrected chi connectivity index (χ0v) is 14.8. The van der Waals surface area contributed by atoms with Crippen molar-refractivity contribution in [2.45, 2.75) is 0 Å². The quantitative estimate of drug-likeness (QED) is 0.479. The number of thiophene rings is 1. The Balaban J connectivity index is 1.81. The summed E-state index contributed by atoms with van der Waals surface area (Å²) >= 11 is 1.36. The maximum Gasteiger partial charge on any atom is 0.275 e. The maximum atomic E-state index is 13.1. The molecule has 0 aliphatic rings. The second-order valence-electron chi connectivity index (χ2n) is 6.11. The maximum absolute atomic E-state index is 13.1. The zero-order chi connectivity index (χ0) is 17.8. The molecule has 0 aliphatic heterocycles. The van der Waals surface area contributed by atoms with Gasteiger partial charge in [-0.1, -0.05) is 0 Å². The smallest absolute Gasteiger partial charge is 0.275 e. The third kappa shape index (κ3) is 2.05. The molecule has 0 N–H and O–H groups in total. The first kappa shape index (κ1) is 15.0. The molecule has 0 amide bonds. The summed E-state index contributed by atoms with van der Waals surface area (Å²) in [5.41, 5.74) is 3.62. The third-order valence-electron chi connectivity index (χ3n) is 4.33. The van der Waals surface area contributed by atoms with E-state index in [4.69, 9.17) is 4.42 Å². The molecular weight excluding hydrogens is 350 g/mol. The predicted molar refractivity (Wildman–Crippen MR) is 102 cm³/mol. The number of hydrogen-bond acceptors (Lipinski definition) is 7. The van der Waals surface area contributed by atoms with Crippen LogP contribution in [0.4, 0.5) is 5.69 Å². The number of hydrogen-bond donors (Lipinski definition) is 0. The summed E-state index contributed by atoms with van der Waals surface area (Å²) < 4.78 is 7.45. The summed E-state index contributed by atoms with van der Waals surface area (Å²) in [6.45, 7) is 0. The predicted octanol–water partition coefficient (Wildman–Crippen LogP) is 3.20. The average molecular weight is 363 g/mol. The van der Waals surface area contributed by atoms with Crippen LogP contribution in [0.2, 0.25) is 0 Å². The van der Waals surface area contributed by atoms with Crippen LogP contribution in [0.5, 0.6) is 0 Å². The molecule has 0 spiro atoms. The van der Waals surface area contributed by atoms with Crippen molar-refractivity contribution >= 4 is 48.6 Å². The standard InChI is InChI=1S/C18H13N5O2S/c1-22(2)12-5-6-19-17-14(12)15-16(26-17)18(24)23(8-20-15)10-3-4-11-13(7-10)25-9-21-11/h3-9H,1-2H3. The highest BCUT2D eigenvalue weighted by Gasteiger charge is 2.17. The van der Waals surface area contributed by atoms with E-state index in [2.05, 4.69) is 15.0 Å². The van der Waals surface area contributed by atoms with Gasteiger partial charge in [-0.25, -0.2) is 15.0 Å². The van der Waals surface area contributed by atoms with Gasteiger partial charge < -0.3 is 9.32 Å². The Morgan fingerprint density at radius 2 is 2.04 bits per heavy atom. The summed E-state index contributed by atoms with van der Waals surface area (Å²) in [7, 11) is 3.93. The molecule has 7 nitrogen and oxygen atoms in total. The van der Waals surface area contributed by atoms with Crippen molar-refractivity contribution in [2.24, 2.45) is 0 Å². The van der Waals surface area contributed by atoms with Crippen LogP contribution in [0, 0.1) is 0 Å². The molecular formula is C18H13N5O2S. The SMILES string of the molecule is CN(C)c1ccnc2sc3c(=O)n(-c4ccc5ncoc5c4)cnc3c12. The van der Waals surface area contributed by atoms with Gasteiger partial charge in [0.25, 0.3) is 5.56 Å². The van der Waals surface area contributed by atoms with Crippen molar-refractivity contribution in [3.63, 3.8) is 0 Å². The van der Waals surface area contributed by atoms with Gasteiger partial charge in [-0.2, -0.15) is 0 Å². The summed E-state index contributed by atoms with van der Waals surface area (Å²) in [5, 5.41) is 0.910. The van der Waals surface area contributed by atoms with Gasteiger partial charge in [0.05, 0.1) is 22.3 Å². The highest BCUT2D eigenvalue weighted by atomic mass is 32.1. The van der Waals surface area contributed by atoms with Gasteiger partial charge in [0.15, 0.2) is 12.0 Å². The first-order chi connectivity index (χ1) is 12.6. The lowest BCUT2D eigenvalue weighted by Gasteiger charge is -2.13. The van der Waals surface area contributed by atoms with Crippen LogP contribution >= 0.6 is 11.3 Å². The van der Waals surface area contributed by atoms with E-state index in [9.17, 15) is 4.79 Å². The molecule has 0 unspecified atom stereocenters. The van der Waals surface area contributed by atoms with Crippen molar-refractivity contribution in [1.82, 2.24) is 19.5 Å². The fraction of sp³-hybridized carbons (Fsp3) is 0.111. The number of fused-ring (bicyclic) bond motifs is 4. The first-order valence-electron chi connectivity index (χ1n) is 7.93. The second-order valence-corrected chi connectivity index (χ2v) is 7.11. The fourth-order valence-electron chi connectivity index (χ4n) is 3.09. The van der Waals surface area contributed by atoms with E-state index < -0.39 is 0 Å². The topological polar surface area (TPSA) is 77.0 Å². The molecule has 8 heteroatoms. The lowest BCUT2D eigenvalue weighted by Crippen LogP contribution is -2.17. The molecule has 0 fully saturated rings. The molecule has 0 atom stereocenters. The summed E-state index contributed by atoms with van der Waals surface area (Å²) in [4.78, 5) is 29.0. The van der Waals surface area contributed by atoms with E-state index in [1.165, 1.54) is 22.3 Å². The van der Waals surface area contributed by atoms with E-state index in [-0.39, 0.29) is 5.56 Å². The van der Waals surface area contributed by atoms with Crippen molar-refractivity contribution in [1.29, 1.82) is 0 Å². The van der Waals surface area contributed by atoms with Gasteiger partial charge in [-0.15, -0.1) is 11.3 Å². The van der Waals surface area contributed by atoms with Crippen molar-refractivity contribution in [2.75, 3.05) is 19.0 Å². The second kappa shape index (κ2) is 5.37. The largest absolute Gasteiger partial charge is 0.443 e. The lowest BCUT2D eigenvalue weighted by atomic mass is 10.2. The first-order valence-corrected chi connectivity index (χ1v) is 8.75. The molecule has 5 rings (SSSR count). The molecule has 0 bridgehead atoms. The molecule has 0 aliphatic carbocycles. The van der Waals surface area contributed by atoms with Gasteiger partial charge in [0.2, 0.25) is 0 Å². The third-order valence-corrected chi connectivity index (χ3v) is 5.41. The Morgan fingerprint density at radius 1 is 1.15 bits per heavy atom. The van der Waals surface area contributed by atoms with Crippen LogP contribution in [-0.2, 0) is 0 Å². The molecule has 0 saturated heterocycles. The van der Waals surface area contributed by atoms with Crippen LogP contribution in [0.25, 0.3) is 37.2 Å². The van der Waals surface area contributed by atoms with Crippen molar-refractivity contribution in [3.05, 3.63) is 53.5 Å². The lowest BCUT2D eigenvalue weighted by molar-refractivity contribution is 0.602. The number of nitrogens with zero attached hydrogens (tertiary/aromatic N) is 5. The van der Waals surface area contributed by atoms with Gasteiger partial charge in [-0.3, -0.25) is 9.36 Å². The van der Waals surface area contributed by atoms with Gasteiger partial charge in [0.1, 0.15) is 21.4 Å². The highest BCUT2D eigenvalue weighted by molar-refractivity contribution is 7.25. The van der Waals surface area contributed by atoms with Crippen LogP contribution in [0.3, 0.4) is 0 Å². The summed E-state index contributed by atoms with van der Waals surface area (Å²) in [5.74, 6) is 0. The van der Waals surface area contributed by atoms with Crippen molar-refractivity contribution in [3.8, 4) is 5.69 Å². The number of oxazole rings is 1. The molecule has 128 valence electrons. The van der Waals surface area contributed by atoms with Crippen LogP contribution < -0.4 is 10.5 Å². The molecule has 4 aromatic heterocycles. The Labute approximate surface area is 151 Å². The van der Waals surface area contributed by atoms with Gasteiger partial charge in [0, 0.05) is 26.4 Å². The highest BCUT2D eigenvalue weighted by Crippen LogP contribution is 2.35. The Bertz CT molecular complexity index is 1350. The normalized spacial score (nSPS) is 11.6. The molecule has 4 heterocycles. The Morgan fingerprint density at radius 3 is 2.88 bits per heavy atom. The van der Waals surface area contributed by atoms with E-state index in [0.717, 1.165) is 21.4 Å². The summed E-state index contributed by atoms with van der Waals surface area (Å²) in [6.07, 6.45) is 4.70. The zero-order valence-electron chi connectivity index (χ0n) is 14.0. The van der Waals surface area contributed by atoms with Gasteiger partial charge in [-0.05, 0) is 18.2 Å². The number of rotatable bonds is 2. The van der Waals surface area contributed by atoms with Crippen LogP contribution in [-0.4, -0.2) is 33.6 Å². The van der Waals surface area contributed by atoms with Crippen LogP contribution in [0.1, 0.15) is 0 Å². The minimum Gasteiger partial charge on any atom is -0.443 e. The molecule has 1 aromatic carbocycles. The molecule has 0 saturated carbocycles. The van der Waals surface area contributed by atoms with E-state index in [1.54, 1.807) is 18.6 Å². The van der Waals surface area contributed by atoms with Gasteiger partial charge >= 0.3 is 0 Å². The molecule has 5 aromatic rings. The van der Waals surface area contributed by atoms with E-state index in [0.29, 0.717) is 21.5 Å². The minimum atomic E-state index is -0.124. The Hall–Kier alpha value is -3.26. The van der Waals surface area contributed by atoms with E-state index in [1.807, 2.05) is 37.2 Å². The monoisotopic (exact) mass is 363 g/mol.